The van der Waals surface area contributed by atoms with Crippen molar-refractivity contribution in [2.75, 3.05) is 26.2 Å². The summed E-state index contributed by atoms with van der Waals surface area (Å²) in [5.74, 6) is -0.297. The molecule has 33 heavy (non-hydrogen) atoms. The van der Waals surface area contributed by atoms with E-state index in [-0.39, 0.29) is 18.6 Å². The molecule has 4 rings (SSSR count). The van der Waals surface area contributed by atoms with Gasteiger partial charge in [-0.25, -0.2) is 4.79 Å². The Kier molecular flexibility index (Phi) is 7.36. The number of piperidine rings is 1. The Hall–Kier alpha value is -2.83. The van der Waals surface area contributed by atoms with Gasteiger partial charge in [-0.05, 0) is 55.6 Å². The molecule has 0 radical (unpaired) electrons. The number of esters is 1. The van der Waals surface area contributed by atoms with Crippen LogP contribution < -0.4 is 5.32 Å². The van der Waals surface area contributed by atoms with E-state index in [1.807, 2.05) is 19.1 Å². The van der Waals surface area contributed by atoms with Gasteiger partial charge in [0.05, 0.1) is 22.9 Å². The number of benzene rings is 1. The van der Waals surface area contributed by atoms with Gasteiger partial charge in [0.25, 0.3) is 0 Å². The predicted octanol–water partition coefficient (Wildman–Crippen LogP) is 2.14. The molecule has 2 aliphatic rings. The van der Waals surface area contributed by atoms with Gasteiger partial charge in [0.1, 0.15) is 18.8 Å². The first-order chi connectivity index (χ1) is 16.0. The topological polar surface area (TPSA) is 119 Å². The molecule has 0 saturated carbocycles. The number of β-amino-alcohol motifs (C(OH)–C–C–N with tert-alkyl or cyclic N) is 1. The number of nitriles is 1. The quantitative estimate of drug-likeness (QED) is 0.524. The third kappa shape index (κ3) is 5.23. The van der Waals surface area contributed by atoms with E-state index in [1.54, 1.807) is 18.2 Å². The zero-order chi connectivity index (χ0) is 23.4. The molecule has 0 aliphatic carbocycles. The van der Waals surface area contributed by atoms with E-state index in [9.17, 15) is 15.0 Å². The monoisotopic (exact) mass is 450 g/mol. The van der Waals surface area contributed by atoms with Crippen LogP contribution in [0, 0.1) is 18.3 Å². The van der Waals surface area contributed by atoms with E-state index < -0.39 is 12.2 Å². The Balaban J connectivity index is 1.34. The average Bonchev–Trinajstić information content (AvgIpc) is 3.22. The number of aliphatic hydroxyl groups is 2. The van der Waals surface area contributed by atoms with E-state index in [2.05, 4.69) is 15.2 Å². The standard InChI is InChI=1S/C25H30N4O4/c1-16-19(6-7-20-21(16)15-33-25(20)32)24(31)14-29-9-3-2-4-18(29)12-27-13-23(30)22-8-5-17(10-26)11-28-22/h5-8,11,18,23-24,27,30-31H,2-4,9,12-15H2,1H3/t18?,23?,24-/m0/s1. The number of aliphatic hydroxyl groups excluding tert-OH is 2. The minimum Gasteiger partial charge on any atom is -0.457 e. The lowest BCUT2D eigenvalue weighted by Crippen LogP contribution is -2.47. The smallest absolute Gasteiger partial charge is 0.338 e. The molecule has 0 spiro atoms. The van der Waals surface area contributed by atoms with E-state index in [4.69, 9.17) is 10.00 Å². The fourth-order valence-corrected chi connectivity index (χ4v) is 4.74. The average molecular weight is 451 g/mol. The number of fused-ring (bicyclic) bond motifs is 1. The Bertz CT molecular complexity index is 1030. The Labute approximate surface area is 193 Å². The summed E-state index contributed by atoms with van der Waals surface area (Å²) in [6.45, 7) is 4.70. The molecule has 3 atom stereocenters. The number of carbonyl (C=O) groups is 1. The number of likely N-dealkylation sites (tertiary alicyclic amines) is 1. The first-order valence-electron chi connectivity index (χ1n) is 11.4. The van der Waals surface area contributed by atoms with Gasteiger partial charge in [-0.3, -0.25) is 9.88 Å². The lowest BCUT2D eigenvalue weighted by Gasteiger charge is -2.37. The lowest BCUT2D eigenvalue weighted by atomic mass is 9.94. The highest BCUT2D eigenvalue weighted by Gasteiger charge is 2.28. The number of hydrogen-bond donors (Lipinski definition) is 3. The molecule has 0 bridgehead atoms. The van der Waals surface area contributed by atoms with Crippen molar-refractivity contribution in [3.63, 3.8) is 0 Å². The van der Waals surface area contributed by atoms with Gasteiger partial charge in [0.2, 0.25) is 0 Å². The summed E-state index contributed by atoms with van der Waals surface area (Å²) in [4.78, 5) is 18.3. The van der Waals surface area contributed by atoms with Crippen molar-refractivity contribution in [2.45, 2.75) is 51.0 Å². The number of nitrogens with zero attached hydrogens (tertiary/aromatic N) is 3. The van der Waals surface area contributed by atoms with Crippen molar-refractivity contribution in [2.24, 2.45) is 0 Å². The largest absolute Gasteiger partial charge is 0.457 e. The third-order valence-electron chi connectivity index (χ3n) is 6.70. The van der Waals surface area contributed by atoms with Crippen molar-refractivity contribution in [3.05, 3.63) is 64.0 Å². The summed E-state index contributed by atoms with van der Waals surface area (Å²) in [6.07, 6.45) is 3.31. The maximum absolute atomic E-state index is 11.8. The van der Waals surface area contributed by atoms with E-state index in [0.717, 1.165) is 42.5 Å². The zero-order valence-corrected chi connectivity index (χ0v) is 18.8. The van der Waals surface area contributed by atoms with Crippen LogP contribution in [-0.2, 0) is 11.3 Å². The molecular formula is C25H30N4O4. The highest BCUT2D eigenvalue weighted by atomic mass is 16.5. The molecule has 2 aromatic rings. The van der Waals surface area contributed by atoms with Gasteiger partial charge in [-0.1, -0.05) is 12.5 Å². The Morgan fingerprint density at radius 3 is 2.88 bits per heavy atom. The van der Waals surface area contributed by atoms with Gasteiger partial charge < -0.3 is 20.3 Å². The number of rotatable bonds is 8. The summed E-state index contributed by atoms with van der Waals surface area (Å²) in [6, 6.07) is 9.20. The summed E-state index contributed by atoms with van der Waals surface area (Å²) in [5.41, 5.74) is 4.24. The highest BCUT2D eigenvalue weighted by Crippen LogP contribution is 2.30. The fraction of sp³-hybridized carbons (Fsp3) is 0.480. The summed E-state index contributed by atoms with van der Waals surface area (Å²) >= 11 is 0. The van der Waals surface area contributed by atoms with E-state index >= 15 is 0 Å². The second-order valence-corrected chi connectivity index (χ2v) is 8.80. The third-order valence-corrected chi connectivity index (χ3v) is 6.70. The van der Waals surface area contributed by atoms with Gasteiger partial charge >= 0.3 is 5.97 Å². The molecule has 1 saturated heterocycles. The minimum atomic E-state index is -0.751. The summed E-state index contributed by atoms with van der Waals surface area (Å²) in [5, 5.41) is 33.6. The lowest BCUT2D eigenvalue weighted by molar-refractivity contribution is 0.0534. The van der Waals surface area contributed by atoms with Gasteiger partial charge in [0.15, 0.2) is 0 Å². The molecule has 2 aliphatic heterocycles. The second kappa shape index (κ2) is 10.4. The number of pyridine rings is 1. The van der Waals surface area contributed by atoms with Crippen LogP contribution in [0.1, 0.15) is 69.8 Å². The molecule has 174 valence electrons. The molecule has 8 nitrogen and oxygen atoms in total. The highest BCUT2D eigenvalue weighted by molar-refractivity contribution is 5.93. The maximum Gasteiger partial charge on any atom is 0.338 e. The normalized spacial score (nSPS) is 20.1. The van der Waals surface area contributed by atoms with Crippen LogP contribution in [0.15, 0.2) is 30.5 Å². The minimum absolute atomic E-state index is 0.258. The van der Waals surface area contributed by atoms with Crippen molar-refractivity contribution in [1.29, 1.82) is 5.26 Å². The van der Waals surface area contributed by atoms with Crippen LogP contribution in [0.3, 0.4) is 0 Å². The number of cyclic esters (lactones) is 1. The van der Waals surface area contributed by atoms with Crippen LogP contribution in [0.2, 0.25) is 0 Å². The predicted molar refractivity (Wildman–Crippen MR) is 121 cm³/mol. The SMILES string of the molecule is Cc1c([C@@H](O)CN2CCCCC2CNCC(O)c2ccc(C#N)cn2)ccc2c1COC2=O. The van der Waals surface area contributed by atoms with Crippen LogP contribution in [0.5, 0.6) is 0 Å². The van der Waals surface area contributed by atoms with Crippen molar-refractivity contribution >= 4 is 5.97 Å². The van der Waals surface area contributed by atoms with Crippen molar-refractivity contribution < 1.29 is 19.7 Å². The van der Waals surface area contributed by atoms with Gasteiger partial charge in [-0.2, -0.15) is 5.26 Å². The van der Waals surface area contributed by atoms with Crippen molar-refractivity contribution in [1.82, 2.24) is 15.2 Å². The molecule has 1 aromatic carbocycles. The first kappa shape index (κ1) is 23.3. The molecule has 0 amide bonds. The van der Waals surface area contributed by atoms with E-state index in [0.29, 0.717) is 36.5 Å². The molecule has 1 fully saturated rings. The zero-order valence-electron chi connectivity index (χ0n) is 18.8. The Morgan fingerprint density at radius 1 is 1.27 bits per heavy atom. The number of nitrogens with one attached hydrogen (secondary N) is 1. The van der Waals surface area contributed by atoms with E-state index in [1.165, 1.54) is 6.20 Å². The van der Waals surface area contributed by atoms with Crippen molar-refractivity contribution in [3.8, 4) is 6.07 Å². The number of ether oxygens (including phenoxy) is 1. The van der Waals surface area contributed by atoms with Crippen LogP contribution in [0.4, 0.5) is 0 Å². The molecule has 1 aromatic heterocycles. The van der Waals surface area contributed by atoms with Gasteiger partial charge in [0, 0.05) is 37.4 Å². The number of aromatic nitrogens is 1. The second-order valence-electron chi connectivity index (χ2n) is 8.80. The maximum atomic E-state index is 11.8. The number of carbonyl (C=O) groups excluding carboxylic acids is 1. The Morgan fingerprint density at radius 2 is 2.12 bits per heavy atom. The van der Waals surface area contributed by atoms with Gasteiger partial charge in [-0.15, -0.1) is 0 Å². The molecule has 3 N–H and O–H groups in total. The summed E-state index contributed by atoms with van der Waals surface area (Å²) < 4.78 is 5.13. The molecule has 3 heterocycles. The van der Waals surface area contributed by atoms with Crippen LogP contribution >= 0.6 is 0 Å². The fourth-order valence-electron chi connectivity index (χ4n) is 4.74. The summed E-state index contributed by atoms with van der Waals surface area (Å²) in [7, 11) is 0. The number of hydrogen-bond acceptors (Lipinski definition) is 8. The molecule has 8 heteroatoms. The molecule has 2 unspecified atom stereocenters. The van der Waals surface area contributed by atoms with Crippen LogP contribution in [0.25, 0.3) is 0 Å². The first-order valence-corrected chi connectivity index (χ1v) is 11.4. The van der Waals surface area contributed by atoms with Crippen LogP contribution in [-0.4, -0.2) is 58.3 Å². The molecular weight excluding hydrogens is 420 g/mol.